The van der Waals surface area contributed by atoms with E-state index in [1.54, 1.807) is 24.3 Å². The number of hydrogen-bond donors (Lipinski definition) is 2. The van der Waals surface area contributed by atoms with Crippen LogP contribution in [0.1, 0.15) is 45.1 Å². The Balaban J connectivity index is 1.96. The second kappa shape index (κ2) is 8.70. The number of nitrogens with zero attached hydrogens (tertiary/aromatic N) is 1. The molecule has 0 bridgehead atoms. The summed E-state index contributed by atoms with van der Waals surface area (Å²) in [5.41, 5.74) is 0.405. The molecule has 5 heteroatoms. The lowest BCUT2D eigenvalue weighted by Crippen LogP contribution is -2.45. The van der Waals surface area contributed by atoms with E-state index in [1.807, 2.05) is 13.8 Å². The number of nitriles is 1. The highest BCUT2D eigenvalue weighted by molar-refractivity contribution is 5.81. The Labute approximate surface area is 143 Å². The van der Waals surface area contributed by atoms with E-state index in [9.17, 15) is 9.90 Å². The highest BCUT2D eigenvalue weighted by Gasteiger charge is 2.28. The monoisotopic (exact) mass is 330 g/mol. The van der Waals surface area contributed by atoms with Gasteiger partial charge in [-0.2, -0.15) is 5.26 Å². The van der Waals surface area contributed by atoms with Gasteiger partial charge in [-0.3, -0.25) is 4.79 Å². The SMILES string of the molecule is CC(C)C(Oc1ccccc1C#N)C(=O)NCC(O)C1CCCC1. The van der Waals surface area contributed by atoms with E-state index in [2.05, 4.69) is 11.4 Å². The molecule has 1 amide bonds. The van der Waals surface area contributed by atoms with Gasteiger partial charge in [0.25, 0.3) is 5.91 Å². The first-order chi connectivity index (χ1) is 11.5. The summed E-state index contributed by atoms with van der Waals surface area (Å²) in [7, 11) is 0. The van der Waals surface area contributed by atoms with Crippen LogP contribution in [0.2, 0.25) is 0 Å². The maximum absolute atomic E-state index is 12.5. The van der Waals surface area contributed by atoms with Crippen LogP contribution >= 0.6 is 0 Å². The van der Waals surface area contributed by atoms with Gasteiger partial charge >= 0.3 is 0 Å². The molecule has 0 aromatic heterocycles. The van der Waals surface area contributed by atoms with Crippen molar-refractivity contribution in [2.24, 2.45) is 11.8 Å². The summed E-state index contributed by atoms with van der Waals surface area (Å²) in [6.45, 7) is 4.04. The largest absolute Gasteiger partial charge is 0.479 e. The summed E-state index contributed by atoms with van der Waals surface area (Å²) in [5, 5.41) is 22.1. The topological polar surface area (TPSA) is 82.3 Å². The van der Waals surface area contributed by atoms with Crippen molar-refractivity contribution in [3.63, 3.8) is 0 Å². The third-order valence-corrected chi connectivity index (χ3v) is 4.55. The van der Waals surface area contributed by atoms with Gasteiger partial charge in [-0.15, -0.1) is 0 Å². The lowest BCUT2D eigenvalue weighted by Gasteiger charge is -2.24. The number of aliphatic hydroxyl groups excluding tert-OH is 1. The minimum absolute atomic E-state index is 0.0552. The van der Waals surface area contributed by atoms with Crippen molar-refractivity contribution in [1.82, 2.24) is 5.32 Å². The highest BCUT2D eigenvalue weighted by atomic mass is 16.5. The van der Waals surface area contributed by atoms with E-state index in [0.717, 1.165) is 25.7 Å². The molecule has 0 heterocycles. The smallest absolute Gasteiger partial charge is 0.261 e. The molecule has 2 N–H and O–H groups in total. The third kappa shape index (κ3) is 4.72. The number of hydrogen-bond acceptors (Lipinski definition) is 4. The molecule has 1 fully saturated rings. The van der Waals surface area contributed by atoms with Crippen molar-refractivity contribution < 1.29 is 14.6 Å². The number of aliphatic hydroxyl groups is 1. The van der Waals surface area contributed by atoms with Crippen LogP contribution in [0.25, 0.3) is 0 Å². The predicted octanol–water partition coefficient (Wildman–Crippen LogP) is 2.63. The number of ether oxygens (including phenoxy) is 1. The van der Waals surface area contributed by atoms with Crippen LogP contribution in [-0.4, -0.2) is 29.8 Å². The lowest BCUT2D eigenvalue weighted by molar-refractivity contribution is -0.130. The van der Waals surface area contributed by atoms with E-state index in [-0.39, 0.29) is 24.3 Å². The van der Waals surface area contributed by atoms with Crippen LogP contribution in [0, 0.1) is 23.2 Å². The number of carbonyl (C=O) groups is 1. The fraction of sp³-hybridized carbons (Fsp3) is 0.579. The molecule has 2 atom stereocenters. The van der Waals surface area contributed by atoms with Gasteiger partial charge in [0.05, 0.1) is 11.7 Å². The molecule has 5 nitrogen and oxygen atoms in total. The van der Waals surface area contributed by atoms with Gasteiger partial charge in [-0.1, -0.05) is 38.8 Å². The van der Waals surface area contributed by atoms with E-state index < -0.39 is 12.2 Å². The van der Waals surface area contributed by atoms with Gasteiger partial charge in [-0.25, -0.2) is 0 Å². The number of benzene rings is 1. The number of para-hydroxylation sites is 1. The van der Waals surface area contributed by atoms with Crippen molar-refractivity contribution in [3.8, 4) is 11.8 Å². The van der Waals surface area contributed by atoms with Gasteiger partial charge in [0.1, 0.15) is 11.8 Å². The van der Waals surface area contributed by atoms with Crippen LogP contribution in [0.15, 0.2) is 24.3 Å². The molecular formula is C19H26N2O3. The molecule has 24 heavy (non-hydrogen) atoms. The second-order valence-corrected chi connectivity index (χ2v) is 6.75. The Morgan fingerprint density at radius 3 is 2.67 bits per heavy atom. The fourth-order valence-electron chi connectivity index (χ4n) is 3.11. The minimum Gasteiger partial charge on any atom is -0.479 e. The average molecular weight is 330 g/mol. The van der Waals surface area contributed by atoms with Crippen LogP contribution in [0.5, 0.6) is 5.75 Å². The van der Waals surface area contributed by atoms with Crippen molar-refractivity contribution >= 4 is 5.91 Å². The van der Waals surface area contributed by atoms with Gasteiger partial charge < -0.3 is 15.2 Å². The summed E-state index contributed by atoms with van der Waals surface area (Å²) in [4.78, 5) is 12.5. The molecule has 1 aromatic carbocycles. The number of nitrogens with one attached hydrogen (secondary N) is 1. The van der Waals surface area contributed by atoms with Crippen molar-refractivity contribution in [2.45, 2.75) is 51.7 Å². The maximum atomic E-state index is 12.5. The molecule has 2 rings (SSSR count). The Morgan fingerprint density at radius 1 is 1.38 bits per heavy atom. The molecule has 1 aliphatic carbocycles. The molecule has 0 radical (unpaired) electrons. The average Bonchev–Trinajstić information content (AvgIpc) is 3.12. The predicted molar refractivity (Wildman–Crippen MR) is 91.4 cm³/mol. The van der Waals surface area contributed by atoms with Crippen LogP contribution in [0.3, 0.4) is 0 Å². The van der Waals surface area contributed by atoms with Crippen molar-refractivity contribution in [3.05, 3.63) is 29.8 Å². The Kier molecular flexibility index (Phi) is 6.62. The summed E-state index contributed by atoms with van der Waals surface area (Å²) in [6, 6.07) is 8.95. The van der Waals surface area contributed by atoms with E-state index in [0.29, 0.717) is 11.3 Å². The van der Waals surface area contributed by atoms with Crippen LogP contribution < -0.4 is 10.1 Å². The second-order valence-electron chi connectivity index (χ2n) is 6.75. The zero-order valence-corrected chi connectivity index (χ0v) is 14.4. The Bertz CT molecular complexity index is 589. The summed E-state index contributed by atoms with van der Waals surface area (Å²) in [6.07, 6.45) is 3.15. The first kappa shape index (κ1) is 18.3. The lowest BCUT2D eigenvalue weighted by atomic mass is 10.0. The Hall–Kier alpha value is -2.06. The molecule has 1 saturated carbocycles. The zero-order chi connectivity index (χ0) is 17.5. The number of rotatable bonds is 7. The number of carbonyl (C=O) groups excluding carboxylic acids is 1. The molecule has 0 saturated heterocycles. The van der Waals surface area contributed by atoms with E-state index in [1.165, 1.54) is 0 Å². The van der Waals surface area contributed by atoms with Gasteiger partial charge in [0, 0.05) is 6.54 Å². The molecule has 1 aromatic rings. The molecule has 0 spiro atoms. The summed E-state index contributed by atoms with van der Waals surface area (Å²) >= 11 is 0. The number of amides is 1. The van der Waals surface area contributed by atoms with E-state index >= 15 is 0 Å². The minimum atomic E-state index is -0.699. The molecule has 0 aliphatic heterocycles. The molecule has 1 aliphatic rings. The maximum Gasteiger partial charge on any atom is 0.261 e. The Morgan fingerprint density at radius 2 is 2.04 bits per heavy atom. The van der Waals surface area contributed by atoms with E-state index in [4.69, 9.17) is 10.00 Å². The van der Waals surface area contributed by atoms with Gasteiger partial charge in [-0.05, 0) is 36.8 Å². The third-order valence-electron chi connectivity index (χ3n) is 4.55. The van der Waals surface area contributed by atoms with Gasteiger partial charge in [0.2, 0.25) is 0 Å². The zero-order valence-electron chi connectivity index (χ0n) is 14.4. The molecular weight excluding hydrogens is 304 g/mol. The summed E-state index contributed by atoms with van der Waals surface area (Å²) in [5.74, 6) is 0.378. The first-order valence-corrected chi connectivity index (χ1v) is 8.64. The normalized spacial score (nSPS) is 17.3. The highest BCUT2D eigenvalue weighted by Crippen LogP contribution is 2.27. The standard InChI is InChI=1S/C19H26N2O3/c1-13(2)18(24-17-10-6-5-9-15(17)11-20)19(23)21-12-16(22)14-7-3-4-8-14/h5-6,9-10,13-14,16,18,22H,3-4,7-8,12H2,1-2H3,(H,21,23). The van der Waals surface area contributed by atoms with Crippen LogP contribution in [0.4, 0.5) is 0 Å². The van der Waals surface area contributed by atoms with Crippen molar-refractivity contribution in [1.29, 1.82) is 5.26 Å². The van der Waals surface area contributed by atoms with Crippen LogP contribution in [-0.2, 0) is 4.79 Å². The molecule has 130 valence electrons. The summed E-state index contributed by atoms with van der Waals surface area (Å²) < 4.78 is 5.80. The molecule has 2 unspecified atom stereocenters. The quantitative estimate of drug-likeness (QED) is 0.805. The van der Waals surface area contributed by atoms with Crippen molar-refractivity contribution in [2.75, 3.05) is 6.54 Å². The first-order valence-electron chi connectivity index (χ1n) is 8.64. The van der Waals surface area contributed by atoms with Gasteiger partial charge in [0.15, 0.2) is 6.10 Å². The fourth-order valence-corrected chi connectivity index (χ4v) is 3.11.